The second-order valence-electron chi connectivity index (χ2n) is 6.35. The predicted octanol–water partition coefficient (Wildman–Crippen LogP) is 2.16. The average molecular weight is 326 g/mol. The first kappa shape index (κ1) is 16.5. The summed E-state index contributed by atoms with van der Waals surface area (Å²) in [7, 11) is 0. The number of Topliss-reactive ketones (excluding diaryl/α,β-unsaturated/α-hetero) is 1. The maximum absolute atomic E-state index is 12.4. The van der Waals surface area contributed by atoms with Gasteiger partial charge < -0.3 is 9.67 Å². The van der Waals surface area contributed by atoms with Crippen molar-refractivity contribution in [3.8, 4) is 5.75 Å². The van der Waals surface area contributed by atoms with Gasteiger partial charge in [-0.15, -0.1) is 0 Å². The van der Waals surface area contributed by atoms with E-state index >= 15 is 0 Å². The van der Waals surface area contributed by atoms with Gasteiger partial charge in [-0.25, -0.2) is 0 Å². The standard InChI is InChI=1S/C19H22N2O3/c1-14(22)17-8-5-10-20(17)13-16-9-11-21(19(24)18(16)23)12-15-6-3-2-4-7-15/h2-4,6-7,9,11,17,23H,5,8,10,12-13H2,1H3. The van der Waals surface area contributed by atoms with Crippen molar-refractivity contribution in [2.45, 2.75) is 38.9 Å². The average Bonchev–Trinajstić information content (AvgIpc) is 3.04. The number of benzene rings is 1. The molecule has 1 aliphatic heterocycles. The summed E-state index contributed by atoms with van der Waals surface area (Å²) < 4.78 is 1.50. The molecule has 1 N–H and O–H groups in total. The Hall–Kier alpha value is -2.40. The highest BCUT2D eigenvalue weighted by Gasteiger charge is 2.28. The number of rotatable bonds is 5. The van der Waals surface area contributed by atoms with E-state index in [4.69, 9.17) is 0 Å². The number of likely N-dealkylation sites (tertiary alicyclic amines) is 1. The van der Waals surface area contributed by atoms with E-state index in [1.165, 1.54) is 4.57 Å². The number of ketones is 1. The molecule has 0 bridgehead atoms. The molecule has 2 aromatic rings. The molecule has 0 aliphatic carbocycles. The summed E-state index contributed by atoms with van der Waals surface area (Å²) in [6.45, 7) is 3.27. The van der Waals surface area contributed by atoms with Crippen LogP contribution in [0.1, 0.15) is 30.9 Å². The number of pyridine rings is 1. The molecule has 1 unspecified atom stereocenters. The van der Waals surface area contributed by atoms with Gasteiger partial charge in [0.25, 0.3) is 5.56 Å². The van der Waals surface area contributed by atoms with Crippen LogP contribution in [0.3, 0.4) is 0 Å². The van der Waals surface area contributed by atoms with Gasteiger partial charge in [0.2, 0.25) is 0 Å². The van der Waals surface area contributed by atoms with Crippen molar-refractivity contribution >= 4 is 5.78 Å². The molecule has 1 aromatic heterocycles. The van der Waals surface area contributed by atoms with Crippen LogP contribution < -0.4 is 5.56 Å². The largest absolute Gasteiger partial charge is 0.503 e. The highest BCUT2D eigenvalue weighted by Crippen LogP contribution is 2.23. The van der Waals surface area contributed by atoms with E-state index in [0.29, 0.717) is 18.7 Å². The van der Waals surface area contributed by atoms with Gasteiger partial charge in [-0.05, 0) is 37.9 Å². The van der Waals surface area contributed by atoms with Crippen molar-refractivity contribution in [1.82, 2.24) is 9.47 Å². The van der Waals surface area contributed by atoms with Crippen LogP contribution in [-0.2, 0) is 17.9 Å². The molecular weight excluding hydrogens is 304 g/mol. The molecule has 0 radical (unpaired) electrons. The molecule has 5 nitrogen and oxygen atoms in total. The van der Waals surface area contributed by atoms with Crippen LogP contribution in [0.15, 0.2) is 47.4 Å². The molecule has 1 saturated heterocycles. The summed E-state index contributed by atoms with van der Waals surface area (Å²) >= 11 is 0. The third-order valence-corrected chi connectivity index (χ3v) is 4.63. The van der Waals surface area contributed by atoms with E-state index < -0.39 is 5.56 Å². The Morgan fingerprint density at radius 3 is 2.67 bits per heavy atom. The quantitative estimate of drug-likeness (QED) is 0.914. The van der Waals surface area contributed by atoms with Crippen molar-refractivity contribution < 1.29 is 9.90 Å². The highest BCUT2D eigenvalue weighted by molar-refractivity contribution is 5.81. The number of aromatic hydroxyl groups is 1. The molecule has 0 saturated carbocycles. The minimum absolute atomic E-state index is 0.101. The van der Waals surface area contributed by atoms with Crippen LogP contribution in [0.5, 0.6) is 5.75 Å². The number of carbonyl (C=O) groups is 1. The van der Waals surface area contributed by atoms with Crippen molar-refractivity contribution in [2.24, 2.45) is 0 Å². The highest BCUT2D eigenvalue weighted by atomic mass is 16.3. The lowest BCUT2D eigenvalue weighted by atomic mass is 10.1. The Morgan fingerprint density at radius 1 is 1.21 bits per heavy atom. The lowest BCUT2D eigenvalue weighted by Gasteiger charge is -2.22. The molecular formula is C19H22N2O3. The zero-order valence-corrected chi connectivity index (χ0v) is 13.8. The van der Waals surface area contributed by atoms with E-state index in [9.17, 15) is 14.7 Å². The summed E-state index contributed by atoms with van der Waals surface area (Å²) in [6, 6.07) is 11.3. The van der Waals surface area contributed by atoms with Crippen LogP contribution in [0.4, 0.5) is 0 Å². The lowest BCUT2D eigenvalue weighted by molar-refractivity contribution is -0.121. The van der Waals surface area contributed by atoms with Gasteiger partial charge in [0.15, 0.2) is 5.75 Å². The zero-order chi connectivity index (χ0) is 17.1. The Labute approximate surface area is 141 Å². The SMILES string of the molecule is CC(=O)C1CCCN1Cc1ccn(Cc2ccccc2)c(=O)c1O. The Morgan fingerprint density at radius 2 is 1.96 bits per heavy atom. The van der Waals surface area contributed by atoms with Crippen LogP contribution in [0.2, 0.25) is 0 Å². The zero-order valence-electron chi connectivity index (χ0n) is 13.8. The summed E-state index contributed by atoms with van der Waals surface area (Å²) in [5.74, 6) is -0.0768. The van der Waals surface area contributed by atoms with Gasteiger partial charge in [0.05, 0.1) is 12.6 Å². The van der Waals surface area contributed by atoms with E-state index in [2.05, 4.69) is 0 Å². The fraction of sp³-hybridized carbons (Fsp3) is 0.368. The number of aromatic nitrogens is 1. The summed E-state index contributed by atoms with van der Waals surface area (Å²) in [5.41, 5.74) is 1.19. The van der Waals surface area contributed by atoms with Crippen LogP contribution in [0.25, 0.3) is 0 Å². The minimum atomic E-state index is -0.394. The number of hydrogen-bond acceptors (Lipinski definition) is 4. The summed E-state index contributed by atoms with van der Waals surface area (Å²) in [6.07, 6.45) is 3.53. The maximum atomic E-state index is 12.4. The number of nitrogens with zero attached hydrogens (tertiary/aromatic N) is 2. The second kappa shape index (κ2) is 7.01. The first-order chi connectivity index (χ1) is 11.6. The normalized spacial score (nSPS) is 18.0. The van der Waals surface area contributed by atoms with Crippen molar-refractivity contribution in [1.29, 1.82) is 0 Å². The molecule has 1 aromatic carbocycles. The monoisotopic (exact) mass is 326 g/mol. The Kier molecular flexibility index (Phi) is 4.81. The van der Waals surface area contributed by atoms with Crippen LogP contribution in [-0.4, -0.2) is 32.9 Å². The molecule has 1 aliphatic rings. The second-order valence-corrected chi connectivity index (χ2v) is 6.35. The molecule has 126 valence electrons. The lowest BCUT2D eigenvalue weighted by Crippen LogP contribution is -2.34. The van der Waals surface area contributed by atoms with Gasteiger partial charge >= 0.3 is 0 Å². The molecule has 2 heterocycles. The van der Waals surface area contributed by atoms with E-state index in [-0.39, 0.29) is 17.6 Å². The first-order valence-electron chi connectivity index (χ1n) is 8.26. The fourth-order valence-electron chi connectivity index (χ4n) is 3.33. The summed E-state index contributed by atoms with van der Waals surface area (Å²) in [5, 5.41) is 10.3. The fourth-order valence-corrected chi connectivity index (χ4v) is 3.33. The molecule has 3 rings (SSSR count). The molecule has 1 fully saturated rings. The smallest absolute Gasteiger partial charge is 0.293 e. The Bertz CT molecular complexity index is 783. The van der Waals surface area contributed by atoms with E-state index in [0.717, 1.165) is 24.9 Å². The molecule has 24 heavy (non-hydrogen) atoms. The number of carbonyl (C=O) groups excluding carboxylic acids is 1. The van der Waals surface area contributed by atoms with E-state index in [1.807, 2.05) is 35.2 Å². The third kappa shape index (κ3) is 3.41. The maximum Gasteiger partial charge on any atom is 0.293 e. The predicted molar refractivity (Wildman–Crippen MR) is 92.0 cm³/mol. The third-order valence-electron chi connectivity index (χ3n) is 4.63. The van der Waals surface area contributed by atoms with Gasteiger partial charge in [0, 0.05) is 18.3 Å². The van der Waals surface area contributed by atoms with Gasteiger partial charge in [-0.3, -0.25) is 14.5 Å². The van der Waals surface area contributed by atoms with Gasteiger partial charge in [-0.2, -0.15) is 0 Å². The Balaban J connectivity index is 1.80. The summed E-state index contributed by atoms with van der Waals surface area (Å²) in [4.78, 5) is 26.1. The first-order valence-corrected chi connectivity index (χ1v) is 8.26. The minimum Gasteiger partial charge on any atom is -0.503 e. The van der Waals surface area contributed by atoms with Crippen molar-refractivity contribution in [3.63, 3.8) is 0 Å². The van der Waals surface area contributed by atoms with Crippen molar-refractivity contribution in [2.75, 3.05) is 6.54 Å². The molecule has 1 atom stereocenters. The molecule has 0 spiro atoms. The molecule has 5 heteroatoms. The van der Waals surface area contributed by atoms with Crippen molar-refractivity contribution in [3.05, 3.63) is 64.1 Å². The van der Waals surface area contributed by atoms with Crippen LogP contribution >= 0.6 is 0 Å². The molecule has 0 amide bonds. The van der Waals surface area contributed by atoms with Gasteiger partial charge in [0.1, 0.15) is 5.78 Å². The topological polar surface area (TPSA) is 62.5 Å². The van der Waals surface area contributed by atoms with E-state index in [1.54, 1.807) is 19.2 Å². The number of hydrogen-bond donors (Lipinski definition) is 1. The van der Waals surface area contributed by atoms with Gasteiger partial charge in [-0.1, -0.05) is 30.3 Å². The van der Waals surface area contributed by atoms with Crippen LogP contribution in [0, 0.1) is 0 Å².